The van der Waals surface area contributed by atoms with Crippen molar-refractivity contribution in [2.24, 2.45) is 4.99 Å². The van der Waals surface area contributed by atoms with Crippen LogP contribution >= 0.6 is 0 Å². The standard InChI is InChI=1S/C40H34N6O9/c1-45(2)25-42-35-30(23-41)43-44-46(35)24-31-32(52-36(47)26-15-7-3-8-16-26)33(53-37(48)27-17-9-4-10-18-27)34(54-38(49)28-19-11-5-12-20-28)40(51-31)55-39(50)29-21-13-6-14-22-29/h3-22,25,31-34,40H,24H2,1-2H3/b42-25-/t31-,32-,33+,34-,40-/m1/s1. The fourth-order valence-corrected chi connectivity index (χ4v) is 5.54. The number of nitrogens with zero attached hydrogens (tertiary/aromatic N) is 6. The molecule has 0 bridgehead atoms. The van der Waals surface area contributed by atoms with Gasteiger partial charge in [0, 0.05) is 14.1 Å². The molecule has 6 rings (SSSR count). The molecule has 0 N–H and O–H groups in total. The smallest absolute Gasteiger partial charge is 0.340 e. The van der Waals surface area contributed by atoms with E-state index in [-0.39, 0.29) is 40.3 Å². The second-order valence-electron chi connectivity index (χ2n) is 12.3. The highest BCUT2D eigenvalue weighted by atomic mass is 16.7. The summed E-state index contributed by atoms with van der Waals surface area (Å²) in [6, 6.07) is 33.9. The summed E-state index contributed by atoms with van der Waals surface area (Å²) in [7, 11) is 3.45. The number of aliphatic imine (C=N–C) groups is 1. The Balaban J connectivity index is 1.48. The Morgan fingerprint density at radius 2 is 1.11 bits per heavy atom. The molecule has 0 saturated carbocycles. The number of ether oxygens (including phenoxy) is 5. The Kier molecular flexibility index (Phi) is 12.0. The summed E-state index contributed by atoms with van der Waals surface area (Å²) < 4.78 is 31.7. The minimum absolute atomic E-state index is 0.0289. The SMILES string of the molecule is CN(C)/C=N\c1c(C#N)nnn1C[C@H]1O[C@H](OC(=O)c2ccccc2)[C@H](OC(=O)c2ccccc2)[C@@H](OC(=O)c2ccccc2)[C@@H]1OC(=O)c1ccccc1. The van der Waals surface area contributed by atoms with Crippen LogP contribution in [-0.4, -0.2) is 94.9 Å². The number of aromatic nitrogens is 3. The Bertz CT molecular complexity index is 2170. The number of hydrogen-bond donors (Lipinski definition) is 0. The summed E-state index contributed by atoms with van der Waals surface area (Å²) in [6.07, 6.45) is -6.59. The van der Waals surface area contributed by atoms with Crippen molar-refractivity contribution >= 4 is 36.0 Å². The fraction of sp³-hybridized carbons (Fsp3) is 0.200. The van der Waals surface area contributed by atoms with Crippen molar-refractivity contribution in [1.82, 2.24) is 19.9 Å². The Hall–Kier alpha value is -7.18. The van der Waals surface area contributed by atoms with Crippen molar-refractivity contribution < 1.29 is 42.9 Å². The molecule has 5 aromatic rings. The molecule has 15 heteroatoms. The van der Waals surface area contributed by atoms with Gasteiger partial charge in [-0.3, -0.25) is 0 Å². The molecule has 0 radical (unpaired) electrons. The van der Waals surface area contributed by atoms with Crippen LogP contribution in [-0.2, 0) is 30.2 Å². The molecule has 0 amide bonds. The molecule has 1 fully saturated rings. The molecule has 0 unspecified atom stereocenters. The number of nitriles is 1. The summed E-state index contributed by atoms with van der Waals surface area (Å²) in [4.78, 5) is 60.9. The summed E-state index contributed by atoms with van der Waals surface area (Å²) in [5.74, 6) is -3.42. The third-order valence-electron chi connectivity index (χ3n) is 8.16. The largest absolute Gasteiger partial charge is 0.452 e. The second-order valence-corrected chi connectivity index (χ2v) is 12.3. The van der Waals surface area contributed by atoms with Gasteiger partial charge in [-0.1, -0.05) is 78.0 Å². The van der Waals surface area contributed by atoms with Crippen molar-refractivity contribution in [3.05, 3.63) is 149 Å². The minimum atomic E-state index is -1.75. The number of esters is 4. The van der Waals surface area contributed by atoms with Gasteiger partial charge in [-0.25, -0.2) is 28.9 Å². The topological polar surface area (TPSA) is 185 Å². The van der Waals surface area contributed by atoms with Crippen molar-refractivity contribution in [2.75, 3.05) is 14.1 Å². The third-order valence-corrected chi connectivity index (χ3v) is 8.16. The van der Waals surface area contributed by atoms with Crippen LogP contribution in [0.5, 0.6) is 0 Å². The van der Waals surface area contributed by atoms with E-state index in [0.717, 1.165) is 0 Å². The average molecular weight is 743 g/mol. The first kappa shape index (κ1) is 37.6. The maximum atomic E-state index is 13.8. The van der Waals surface area contributed by atoms with Gasteiger partial charge in [0.1, 0.15) is 12.2 Å². The van der Waals surface area contributed by atoms with Crippen LogP contribution in [0.15, 0.2) is 126 Å². The molecule has 4 aromatic carbocycles. The molecule has 0 spiro atoms. The van der Waals surface area contributed by atoms with E-state index in [1.165, 1.54) is 59.6 Å². The average Bonchev–Trinajstić information content (AvgIpc) is 3.61. The highest BCUT2D eigenvalue weighted by Crippen LogP contribution is 2.33. The molecule has 278 valence electrons. The first-order valence-corrected chi connectivity index (χ1v) is 17.0. The lowest BCUT2D eigenvalue weighted by Gasteiger charge is -2.44. The van der Waals surface area contributed by atoms with Crippen LogP contribution in [0.1, 0.15) is 47.1 Å². The monoisotopic (exact) mass is 742 g/mol. The van der Waals surface area contributed by atoms with E-state index >= 15 is 0 Å². The van der Waals surface area contributed by atoms with E-state index in [2.05, 4.69) is 15.3 Å². The minimum Gasteiger partial charge on any atom is -0.452 e. The maximum absolute atomic E-state index is 13.8. The van der Waals surface area contributed by atoms with E-state index < -0.39 is 54.6 Å². The zero-order chi connectivity index (χ0) is 38.7. The van der Waals surface area contributed by atoms with Gasteiger partial charge in [-0.15, -0.1) is 5.10 Å². The first-order chi connectivity index (χ1) is 26.7. The normalized spacial score (nSPS) is 19.1. The molecule has 1 aliphatic rings. The van der Waals surface area contributed by atoms with Crippen LogP contribution in [0.4, 0.5) is 5.82 Å². The van der Waals surface area contributed by atoms with Gasteiger partial charge < -0.3 is 28.6 Å². The summed E-state index contributed by atoms with van der Waals surface area (Å²) >= 11 is 0. The molecule has 2 heterocycles. The summed E-state index contributed by atoms with van der Waals surface area (Å²) in [5, 5.41) is 17.8. The van der Waals surface area contributed by atoms with Crippen LogP contribution in [0.25, 0.3) is 0 Å². The maximum Gasteiger partial charge on any atom is 0.340 e. The molecular formula is C40H34N6O9. The van der Waals surface area contributed by atoms with E-state index in [4.69, 9.17) is 23.7 Å². The fourth-order valence-electron chi connectivity index (χ4n) is 5.54. The Morgan fingerprint density at radius 3 is 1.55 bits per heavy atom. The Labute approximate surface area is 315 Å². The number of carbonyl (C=O) groups is 4. The van der Waals surface area contributed by atoms with Crippen LogP contribution in [0.3, 0.4) is 0 Å². The van der Waals surface area contributed by atoms with Gasteiger partial charge in [0.15, 0.2) is 18.0 Å². The van der Waals surface area contributed by atoms with Crippen molar-refractivity contribution in [3.63, 3.8) is 0 Å². The highest BCUT2D eigenvalue weighted by Gasteiger charge is 2.54. The van der Waals surface area contributed by atoms with E-state index in [0.29, 0.717) is 0 Å². The number of hydrogen-bond acceptors (Lipinski definition) is 13. The van der Waals surface area contributed by atoms with E-state index in [1.54, 1.807) is 91.8 Å². The molecule has 5 atom stereocenters. The Morgan fingerprint density at radius 1 is 0.691 bits per heavy atom. The van der Waals surface area contributed by atoms with Gasteiger partial charge in [0.05, 0.1) is 35.1 Å². The van der Waals surface area contributed by atoms with Crippen LogP contribution in [0.2, 0.25) is 0 Å². The molecular weight excluding hydrogens is 708 g/mol. The van der Waals surface area contributed by atoms with Crippen molar-refractivity contribution in [1.29, 1.82) is 5.26 Å². The summed E-state index contributed by atoms with van der Waals surface area (Å²) in [6.45, 7) is -0.334. The molecule has 1 saturated heterocycles. The quantitative estimate of drug-likeness (QED) is 0.0747. The molecule has 1 aliphatic heterocycles. The van der Waals surface area contributed by atoms with Gasteiger partial charge in [0.25, 0.3) is 0 Å². The van der Waals surface area contributed by atoms with E-state index in [9.17, 15) is 24.4 Å². The molecule has 15 nitrogen and oxygen atoms in total. The predicted octanol–water partition coefficient (Wildman–Crippen LogP) is 4.63. The van der Waals surface area contributed by atoms with Crippen LogP contribution < -0.4 is 0 Å². The van der Waals surface area contributed by atoms with Crippen LogP contribution in [0, 0.1) is 11.3 Å². The van der Waals surface area contributed by atoms with Gasteiger partial charge in [-0.2, -0.15) is 5.26 Å². The zero-order valence-electron chi connectivity index (χ0n) is 29.6. The van der Waals surface area contributed by atoms with Crippen molar-refractivity contribution in [2.45, 2.75) is 37.3 Å². The first-order valence-electron chi connectivity index (χ1n) is 17.0. The van der Waals surface area contributed by atoms with Crippen molar-refractivity contribution in [3.8, 4) is 6.07 Å². The molecule has 1 aromatic heterocycles. The number of carbonyl (C=O) groups excluding carboxylic acids is 4. The van der Waals surface area contributed by atoms with Gasteiger partial charge in [-0.05, 0) is 48.5 Å². The zero-order valence-corrected chi connectivity index (χ0v) is 29.6. The lowest BCUT2D eigenvalue weighted by Crippen LogP contribution is -2.63. The second kappa shape index (κ2) is 17.6. The number of rotatable bonds is 12. The van der Waals surface area contributed by atoms with Gasteiger partial charge in [0.2, 0.25) is 18.1 Å². The molecule has 0 aliphatic carbocycles. The third kappa shape index (κ3) is 9.25. The predicted molar refractivity (Wildman–Crippen MR) is 194 cm³/mol. The summed E-state index contributed by atoms with van der Waals surface area (Å²) in [5.41, 5.74) is 0.411. The van der Waals surface area contributed by atoms with E-state index in [1.807, 2.05) is 6.07 Å². The lowest BCUT2D eigenvalue weighted by atomic mass is 9.97. The highest BCUT2D eigenvalue weighted by molar-refractivity contribution is 5.92. The molecule has 55 heavy (non-hydrogen) atoms. The van der Waals surface area contributed by atoms with Gasteiger partial charge >= 0.3 is 23.9 Å². The lowest BCUT2D eigenvalue weighted by molar-refractivity contribution is -0.280. The number of benzene rings is 4.